The van der Waals surface area contributed by atoms with Gasteiger partial charge in [-0.15, -0.1) is 0 Å². The number of hydrogen-bond donors (Lipinski definition) is 1. The minimum Gasteiger partial charge on any atom is -0.496 e. The zero-order chi connectivity index (χ0) is 19.1. The first-order valence-electron chi connectivity index (χ1n) is 8.36. The van der Waals surface area contributed by atoms with E-state index in [1.165, 1.54) is 6.92 Å². The van der Waals surface area contributed by atoms with Gasteiger partial charge in [0, 0.05) is 42.7 Å². The maximum absolute atomic E-state index is 12.2. The highest BCUT2D eigenvalue weighted by Gasteiger charge is 2.16. The third-order valence-corrected chi connectivity index (χ3v) is 4.55. The summed E-state index contributed by atoms with van der Waals surface area (Å²) in [6, 6.07) is 12.9. The summed E-state index contributed by atoms with van der Waals surface area (Å²) in [6.45, 7) is 4.00. The summed E-state index contributed by atoms with van der Waals surface area (Å²) in [5.74, 6) is 0.461. The fourth-order valence-electron chi connectivity index (χ4n) is 2.68. The molecule has 5 nitrogen and oxygen atoms in total. The summed E-state index contributed by atoms with van der Waals surface area (Å²) in [4.78, 5) is 25.8. The summed E-state index contributed by atoms with van der Waals surface area (Å²) in [5, 5.41) is 3.45. The van der Waals surface area contributed by atoms with E-state index in [4.69, 9.17) is 16.3 Å². The van der Waals surface area contributed by atoms with Gasteiger partial charge >= 0.3 is 0 Å². The molecule has 0 aromatic heterocycles. The number of amides is 2. The van der Waals surface area contributed by atoms with Gasteiger partial charge < -0.3 is 15.0 Å². The van der Waals surface area contributed by atoms with Crippen LogP contribution >= 0.6 is 11.6 Å². The number of halogens is 1. The number of nitrogens with zero attached hydrogens (tertiary/aromatic N) is 1. The minimum atomic E-state index is -0.137. The molecule has 0 saturated carbocycles. The van der Waals surface area contributed by atoms with Gasteiger partial charge in [0.1, 0.15) is 5.75 Å². The number of carbonyl (C=O) groups excluding carboxylic acids is 2. The molecule has 0 heterocycles. The molecule has 0 fully saturated rings. The predicted octanol–water partition coefficient (Wildman–Crippen LogP) is 3.72. The van der Waals surface area contributed by atoms with Crippen LogP contribution in [0.5, 0.6) is 5.75 Å². The van der Waals surface area contributed by atoms with Gasteiger partial charge in [0.2, 0.25) is 11.8 Å². The Morgan fingerprint density at radius 3 is 2.58 bits per heavy atom. The largest absolute Gasteiger partial charge is 0.496 e. The summed E-state index contributed by atoms with van der Waals surface area (Å²) in [5.41, 5.74) is 2.44. The van der Waals surface area contributed by atoms with Crippen LogP contribution in [-0.2, 0) is 16.1 Å². The van der Waals surface area contributed by atoms with Crippen LogP contribution < -0.4 is 15.0 Å². The Labute approximate surface area is 158 Å². The standard InChI is InChI=1S/C20H23ClN2O3/c1-14-17(21)8-6-9-18(14)23(15(2)24)12-11-20(25)22-13-16-7-4-5-10-19(16)26-3/h4-10H,11-13H2,1-3H3,(H,22,25). The Morgan fingerprint density at radius 1 is 1.15 bits per heavy atom. The van der Waals surface area contributed by atoms with Crippen molar-refractivity contribution in [2.24, 2.45) is 0 Å². The second-order valence-corrected chi connectivity index (χ2v) is 6.30. The van der Waals surface area contributed by atoms with Crippen LogP contribution in [0, 0.1) is 6.92 Å². The molecule has 0 atom stereocenters. The molecule has 0 bridgehead atoms. The summed E-state index contributed by atoms with van der Waals surface area (Å²) in [6.07, 6.45) is 0.195. The average molecular weight is 375 g/mol. The van der Waals surface area contributed by atoms with Gasteiger partial charge in [0.25, 0.3) is 0 Å². The van der Waals surface area contributed by atoms with E-state index in [0.717, 1.165) is 22.6 Å². The van der Waals surface area contributed by atoms with Crippen LogP contribution in [0.4, 0.5) is 5.69 Å². The average Bonchev–Trinajstić information content (AvgIpc) is 2.63. The molecule has 2 aromatic rings. The SMILES string of the molecule is COc1ccccc1CNC(=O)CCN(C(C)=O)c1cccc(Cl)c1C. The van der Waals surface area contributed by atoms with E-state index in [2.05, 4.69) is 5.32 Å². The molecule has 2 amide bonds. The molecular weight excluding hydrogens is 352 g/mol. The van der Waals surface area contributed by atoms with E-state index < -0.39 is 0 Å². The number of carbonyl (C=O) groups is 2. The Balaban J connectivity index is 1.97. The molecule has 2 aromatic carbocycles. The number of nitrogens with one attached hydrogen (secondary N) is 1. The van der Waals surface area contributed by atoms with Gasteiger partial charge in [-0.3, -0.25) is 9.59 Å². The number of rotatable bonds is 7. The molecule has 26 heavy (non-hydrogen) atoms. The van der Waals surface area contributed by atoms with Crippen molar-refractivity contribution in [3.8, 4) is 5.75 Å². The molecule has 0 spiro atoms. The van der Waals surface area contributed by atoms with Crippen LogP contribution in [0.25, 0.3) is 0 Å². The third-order valence-electron chi connectivity index (χ3n) is 4.14. The van der Waals surface area contributed by atoms with Crippen molar-refractivity contribution in [3.05, 3.63) is 58.6 Å². The van der Waals surface area contributed by atoms with Crippen LogP contribution in [0.3, 0.4) is 0 Å². The highest BCUT2D eigenvalue weighted by molar-refractivity contribution is 6.31. The van der Waals surface area contributed by atoms with Gasteiger partial charge in [-0.05, 0) is 30.7 Å². The summed E-state index contributed by atoms with van der Waals surface area (Å²) < 4.78 is 5.27. The molecule has 0 aliphatic carbocycles. The molecule has 0 unspecified atom stereocenters. The lowest BCUT2D eigenvalue weighted by atomic mass is 10.1. The quantitative estimate of drug-likeness (QED) is 0.803. The van der Waals surface area contributed by atoms with Crippen molar-refractivity contribution < 1.29 is 14.3 Å². The highest BCUT2D eigenvalue weighted by atomic mass is 35.5. The van der Waals surface area contributed by atoms with Crippen LogP contribution in [0.15, 0.2) is 42.5 Å². The number of methoxy groups -OCH3 is 1. The molecule has 138 valence electrons. The smallest absolute Gasteiger partial charge is 0.223 e. The van der Waals surface area contributed by atoms with Crippen molar-refractivity contribution >= 4 is 29.1 Å². The van der Waals surface area contributed by atoms with Crippen molar-refractivity contribution in [2.75, 3.05) is 18.6 Å². The molecule has 6 heteroatoms. The summed E-state index contributed by atoms with van der Waals surface area (Å²) >= 11 is 6.14. The van der Waals surface area contributed by atoms with Gasteiger partial charge in [0.05, 0.1) is 7.11 Å². The monoisotopic (exact) mass is 374 g/mol. The number of benzene rings is 2. The van der Waals surface area contributed by atoms with E-state index in [1.54, 1.807) is 24.1 Å². The molecule has 0 aliphatic rings. The third kappa shape index (κ3) is 4.99. The van der Waals surface area contributed by atoms with E-state index in [1.807, 2.05) is 37.3 Å². The maximum Gasteiger partial charge on any atom is 0.223 e. The van der Waals surface area contributed by atoms with E-state index in [-0.39, 0.29) is 24.8 Å². The number of ether oxygens (including phenoxy) is 1. The maximum atomic E-state index is 12.2. The van der Waals surface area contributed by atoms with Gasteiger partial charge in [-0.25, -0.2) is 0 Å². The fourth-order valence-corrected chi connectivity index (χ4v) is 2.85. The van der Waals surface area contributed by atoms with Crippen molar-refractivity contribution in [1.82, 2.24) is 5.32 Å². The van der Waals surface area contributed by atoms with Crippen LogP contribution in [0.2, 0.25) is 5.02 Å². The lowest BCUT2D eigenvalue weighted by molar-refractivity contribution is -0.121. The lowest BCUT2D eigenvalue weighted by Gasteiger charge is -2.23. The Bertz CT molecular complexity index is 792. The van der Waals surface area contributed by atoms with E-state index >= 15 is 0 Å². The molecule has 0 radical (unpaired) electrons. The van der Waals surface area contributed by atoms with Gasteiger partial charge in [-0.2, -0.15) is 0 Å². The number of hydrogen-bond acceptors (Lipinski definition) is 3. The Kier molecular flexibility index (Phi) is 7.04. The Hall–Kier alpha value is -2.53. The highest BCUT2D eigenvalue weighted by Crippen LogP contribution is 2.26. The topological polar surface area (TPSA) is 58.6 Å². The molecule has 2 rings (SSSR count). The second kappa shape index (κ2) is 9.25. The zero-order valence-electron chi connectivity index (χ0n) is 15.2. The number of para-hydroxylation sites is 1. The molecule has 0 saturated heterocycles. The first-order valence-corrected chi connectivity index (χ1v) is 8.73. The normalized spacial score (nSPS) is 10.3. The lowest BCUT2D eigenvalue weighted by Crippen LogP contribution is -2.34. The van der Waals surface area contributed by atoms with E-state index in [9.17, 15) is 9.59 Å². The van der Waals surface area contributed by atoms with Crippen molar-refractivity contribution in [1.29, 1.82) is 0 Å². The van der Waals surface area contributed by atoms with Crippen LogP contribution in [0.1, 0.15) is 24.5 Å². The molecule has 0 aliphatic heterocycles. The zero-order valence-corrected chi connectivity index (χ0v) is 16.0. The van der Waals surface area contributed by atoms with Crippen molar-refractivity contribution in [2.45, 2.75) is 26.8 Å². The minimum absolute atomic E-state index is 0.132. The first kappa shape index (κ1) is 19.8. The summed E-state index contributed by atoms with van der Waals surface area (Å²) in [7, 11) is 1.60. The Morgan fingerprint density at radius 2 is 1.88 bits per heavy atom. The predicted molar refractivity (Wildman–Crippen MR) is 104 cm³/mol. The molecular formula is C20H23ClN2O3. The fraction of sp³-hybridized carbons (Fsp3) is 0.300. The molecule has 1 N–H and O–H groups in total. The van der Waals surface area contributed by atoms with Gasteiger partial charge in [0.15, 0.2) is 0 Å². The number of anilines is 1. The second-order valence-electron chi connectivity index (χ2n) is 5.89. The van der Waals surface area contributed by atoms with E-state index in [0.29, 0.717) is 11.6 Å². The van der Waals surface area contributed by atoms with Crippen LogP contribution in [-0.4, -0.2) is 25.5 Å². The van der Waals surface area contributed by atoms with Gasteiger partial charge in [-0.1, -0.05) is 35.9 Å². The van der Waals surface area contributed by atoms with Crippen molar-refractivity contribution in [3.63, 3.8) is 0 Å². The first-order chi connectivity index (χ1) is 12.4.